The van der Waals surface area contributed by atoms with Crippen molar-refractivity contribution in [2.75, 3.05) is 13.1 Å². The second-order valence-electron chi connectivity index (χ2n) is 6.31. The van der Waals surface area contributed by atoms with E-state index in [9.17, 15) is 4.79 Å². The summed E-state index contributed by atoms with van der Waals surface area (Å²) in [5.41, 5.74) is 2.77. The van der Waals surface area contributed by atoms with Crippen molar-refractivity contribution in [1.82, 2.24) is 19.7 Å². The Balaban J connectivity index is 2.09. The molecule has 0 radical (unpaired) electrons. The van der Waals surface area contributed by atoms with Gasteiger partial charge in [-0.2, -0.15) is 5.10 Å². The number of aromatic nitrogens is 3. The first-order chi connectivity index (χ1) is 12.6. The molecule has 2 heterocycles. The molecule has 6 heteroatoms. The van der Waals surface area contributed by atoms with Gasteiger partial charge < -0.3 is 4.90 Å². The first kappa shape index (κ1) is 18.4. The Bertz CT molecular complexity index is 914. The quantitative estimate of drug-likeness (QED) is 0.634. The molecule has 0 aliphatic rings. The lowest BCUT2D eigenvalue weighted by Crippen LogP contribution is -2.32. The fraction of sp³-hybridized carbons (Fsp3) is 0.350. The predicted octanol–water partition coefficient (Wildman–Crippen LogP) is 4.64. The maximum atomic E-state index is 13.0. The third kappa shape index (κ3) is 3.31. The van der Waals surface area contributed by atoms with E-state index >= 15 is 0 Å². The summed E-state index contributed by atoms with van der Waals surface area (Å²) < 4.78 is 1.76. The van der Waals surface area contributed by atoms with Crippen molar-refractivity contribution in [3.8, 4) is 5.69 Å². The van der Waals surface area contributed by atoms with E-state index in [0.29, 0.717) is 29.3 Å². The number of carbonyl (C=O) groups is 1. The first-order valence-corrected chi connectivity index (χ1v) is 9.34. The number of hydrogen-bond donors (Lipinski definition) is 0. The zero-order chi connectivity index (χ0) is 18.7. The van der Waals surface area contributed by atoms with Crippen molar-refractivity contribution in [2.24, 2.45) is 0 Å². The molecule has 136 valence electrons. The van der Waals surface area contributed by atoms with Crippen molar-refractivity contribution in [3.05, 3.63) is 52.8 Å². The zero-order valence-electron chi connectivity index (χ0n) is 15.4. The van der Waals surface area contributed by atoms with Gasteiger partial charge in [0.15, 0.2) is 5.65 Å². The molecule has 3 rings (SSSR count). The van der Waals surface area contributed by atoms with Crippen LogP contribution in [0.15, 0.2) is 36.5 Å². The molecule has 0 spiro atoms. The van der Waals surface area contributed by atoms with Gasteiger partial charge in [0.2, 0.25) is 0 Å². The van der Waals surface area contributed by atoms with Gasteiger partial charge >= 0.3 is 0 Å². The number of aryl methyl sites for hydroxylation is 1. The SMILES string of the molecule is CCCN(CCC)C(=O)c1cnc2c(c(C)nn2-c2ccccc2)c1Cl. The summed E-state index contributed by atoms with van der Waals surface area (Å²) in [6, 6.07) is 9.78. The van der Waals surface area contributed by atoms with E-state index in [0.717, 1.165) is 29.6 Å². The summed E-state index contributed by atoms with van der Waals surface area (Å²) in [5, 5.41) is 5.74. The van der Waals surface area contributed by atoms with Crippen LogP contribution < -0.4 is 0 Å². The van der Waals surface area contributed by atoms with Gasteiger partial charge in [-0.25, -0.2) is 9.67 Å². The largest absolute Gasteiger partial charge is 0.339 e. The van der Waals surface area contributed by atoms with Crippen molar-refractivity contribution in [1.29, 1.82) is 0 Å². The Morgan fingerprint density at radius 2 is 1.81 bits per heavy atom. The standard InChI is InChI=1S/C20H23ClN4O/c1-4-11-24(12-5-2)20(26)16-13-22-19-17(18(16)21)14(3)23-25(19)15-9-7-6-8-10-15/h6-10,13H,4-5,11-12H2,1-3H3. The number of amides is 1. The second-order valence-corrected chi connectivity index (χ2v) is 6.69. The molecule has 0 saturated carbocycles. The number of pyridine rings is 1. The van der Waals surface area contributed by atoms with Gasteiger partial charge in [0.1, 0.15) is 0 Å². The summed E-state index contributed by atoms with van der Waals surface area (Å²) in [6.45, 7) is 7.44. The maximum absolute atomic E-state index is 13.0. The molecule has 2 aromatic heterocycles. The van der Waals surface area contributed by atoms with Crippen LogP contribution in [-0.2, 0) is 0 Å². The van der Waals surface area contributed by atoms with E-state index in [2.05, 4.69) is 23.9 Å². The molecular formula is C20H23ClN4O. The summed E-state index contributed by atoms with van der Waals surface area (Å²) in [5.74, 6) is -0.0695. The van der Waals surface area contributed by atoms with Crippen LogP contribution in [0.5, 0.6) is 0 Å². The van der Waals surface area contributed by atoms with Crippen molar-refractivity contribution < 1.29 is 4.79 Å². The van der Waals surface area contributed by atoms with Crippen LogP contribution in [0, 0.1) is 6.92 Å². The van der Waals surface area contributed by atoms with Gasteiger partial charge in [0.05, 0.1) is 27.4 Å². The van der Waals surface area contributed by atoms with Crippen molar-refractivity contribution in [3.63, 3.8) is 0 Å². The monoisotopic (exact) mass is 370 g/mol. The van der Waals surface area contributed by atoms with E-state index in [1.54, 1.807) is 10.9 Å². The average molecular weight is 371 g/mol. The zero-order valence-corrected chi connectivity index (χ0v) is 16.1. The third-order valence-electron chi connectivity index (χ3n) is 4.31. The van der Waals surface area contributed by atoms with E-state index in [1.807, 2.05) is 42.2 Å². The van der Waals surface area contributed by atoms with Gasteiger partial charge in [-0.15, -0.1) is 0 Å². The molecule has 1 aromatic carbocycles. The molecule has 26 heavy (non-hydrogen) atoms. The van der Waals surface area contributed by atoms with Gasteiger partial charge in [-0.05, 0) is 31.9 Å². The lowest BCUT2D eigenvalue weighted by Gasteiger charge is -2.22. The molecule has 5 nitrogen and oxygen atoms in total. The number of para-hydroxylation sites is 1. The Kier molecular flexibility index (Phi) is 5.57. The van der Waals surface area contributed by atoms with Gasteiger partial charge in [0, 0.05) is 19.3 Å². The van der Waals surface area contributed by atoms with Crippen LogP contribution in [0.3, 0.4) is 0 Å². The highest BCUT2D eigenvalue weighted by Gasteiger charge is 2.22. The highest BCUT2D eigenvalue weighted by Crippen LogP contribution is 2.30. The van der Waals surface area contributed by atoms with Crippen molar-refractivity contribution in [2.45, 2.75) is 33.6 Å². The van der Waals surface area contributed by atoms with E-state index in [1.165, 1.54) is 0 Å². The van der Waals surface area contributed by atoms with Crippen LogP contribution in [-0.4, -0.2) is 38.7 Å². The normalized spacial score (nSPS) is 11.1. The van der Waals surface area contributed by atoms with E-state index in [-0.39, 0.29) is 5.91 Å². The lowest BCUT2D eigenvalue weighted by molar-refractivity contribution is 0.0755. The molecular weight excluding hydrogens is 348 g/mol. The fourth-order valence-electron chi connectivity index (χ4n) is 3.13. The molecule has 0 aliphatic heterocycles. The average Bonchev–Trinajstić information content (AvgIpc) is 2.99. The number of carbonyl (C=O) groups excluding carboxylic acids is 1. The summed E-state index contributed by atoms with van der Waals surface area (Å²) >= 11 is 6.65. The summed E-state index contributed by atoms with van der Waals surface area (Å²) in [7, 11) is 0. The Hall–Kier alpha value is -2.40. The lowest BCUT2D eigenvalue weighted by atomic mass is 10.1. The third-order valence-corrected chi connectivity index (χ3v) is 4.71. The Morgan fingerprint density at radius 1 is 1.15 bits per heavy atom. The van der Waals surface area contributed by atoms with Crippen LogP contribution in [0.1, 0.15) is 42.7 Å². The number of hydrogen-bond acceptors (Lipinski definition) is 3. The number of nitrogens with zero attached hydrogens (tertiary/aromatic N) is 4. The molecule has 0 fully saturated rings. The van der Waals surface area contributed by atoms with Gasteiger partial charge in [0.25, 0.3) is 5.91 Å². The molecule has 0 saturated heterocycles. The Labute approximate surface area is 158 Å². The fourth-order valence-corrected chi connectivity index (χ4v) is 3.48. The van der Waals surface area contributed by atoms with Crippen LogP contribution in [0.4, 0.5) is 0 Å². The summed E-state index contributed by atoms with van der Waals surface area (Å²) in [6.07, 6.45) is 3.39. The van der Waals surface area contributed by atoms with Gasteiger partial charge in [-0.1, -0.05) is 43.6 Å². The van der Waals surface area contributed by atoms with Crippen LogP contribution in [0.25, 0.3) is 16.7 Å². The molecule has 1 amide bonds. The molecule has 0 atom stereocenters. The number of benzene rings is 1. The first-order valence-electron chi connectivity index (χ1n) is 8.97. The smallest absolute Gasteiger partial charge is 0.256 e. The maximum Gasteiger partial charge on any atom is 0.256 e. The second kappa shape index (κ2) is 7.87. The number of halogens is 1. The highest BCUT2D eigenvalue weighted by molar-refractivity contribution is 6.38. The Morgan fingerprint density at radius 3 is 2.42 bits per heavy atom. The van der Waals surface area contributed by atoms with Gasteiger partial charge in [-0.3, -0.25) is 4.79 Å². The molecule has 0 N–H and O–H groups in total. The van der Waals surface area contributed by atoms with E-state index < -0.39 is 0 Å². The predicted molar refractivity (Wildman–Crippen MR) is 105 cm³/mol. The molecule has 3 aromatic rings. The number of rotatable bonds is 6. The minimum Gasteiger partial charge on any atom is -0.339 e. The minimum absolute atomic E-state index is 0.0695. The minimum atomic E-state index is -0.0695. The molecule has 0 bridgehead atoms. The highest BCUT2D eigenvalue weighted by atomic mass is 35.5. The van der Waals surface area contributed by atoms with Crippen molar-refractivity contribution >= 4 is 28.5 Å². The summed E-state index contributed by atoms with van der Waals surface area (Å²) in [4.78, 5) is 19.3. The molecule has 0 aliphatic carbocycles. The van der Waals surface area contributed by atoms with Crippen LogP contribution in [0.2, 0.25) is 5.02 Å². The van der Waals surface area contributed by atoms with E-state index in [4.69, 9.17) is 11.6 Å². The topological polar surface area (TPSA) is 51.0 Å². The molecule has 0 unspecified atom stereocenters. The van der Waals surface area contributed by atoms with Crippen LogP contribution >= 0.6 is 11.6 Å². The number of fused-ring (bicyclic) bond motifs is 1.